The Balaban J connectivity index is 2.53. The zero-order valence-corrected chi connectivity index (χ0v) is 15.9. The van der Waals surface area contributed by atoms with E-state index in [0.717, 1.165) is 30.3 Å². The number of carboxylic acids is 1. The number of carbonyl (C=O) groups is 1. The molecule has 0 aliphatic carbocycles. The highest BCUT2D eigenvalue weighted by Gasteiger charge is 2.40. The molecule has 0 heterocycles. The van der Waals surface area contributed by atoms with Gasteiger partial charge >= 0.3 is 12.1 Å². The van der Waals surface area contributed by atoms with E-state index in [0.29, 0.717) is 6.08 Å². The third kappa shape index (κ3) is 5.08. The highest BCUT2D eigenvalue weighted by molar-refractivity contribution is 6.48. The summed E-state index contributed by atoms with van der Waals surface area (Å²) < 4.78 is 54.8. The third-order valence-corrected chi connectivity index (χ3v) is 5.02. The summed E-state index contributed by atoms with van der Waals surface area (Å²) >= 11 is 23.0. The minimum atomic E-state index is -4.86. The number of benzene rings is 2. The lowest BCUT2D eigenvalue weighted by molar-refractivity contribution is -0.139. The molecular formula is C17H8Cl4F4O2. The lowest BCUT2D eigenvalue weighted by atomic mass is 9.96. The highest BCUT2D eigenvalue weighted by Crippen LogP contribution is 2.42. The van der Waals surface area contributed by atoms with Gasteiger partial charge in [-0.25, -0.2) is 9.18 Å². The summed E-state index contributed by atoms with van der Waals surface area (Å²) in [5.74, 6) is -4.98. The van der Waals surface area contributed by atoms with Crippen molar-refractivity contribution in [3.63, 3.8) is 0 Å². The van der Waals surface area contributed by atoms with Gasteiger partial charge in [-0.05, 0) is 35.9 Å². The molecule has 0 fully saturated rings. The van der Waals surface area contributed by atoms with Crippen LogP contribution in [0, 0.1) is 0 Å². The monoisotopic (exact) mass is 460 g/mol. The van der Waals surface area contributed by atoms with Crippen molar-refractivity contribution in [3.8, 4) is 0 Å². The molecule has 0 bridgehead atoms. The summed E-state index contributed by atoms with van der Waals surface area (Å²) in [5, 5.41) is 8.03. The van der Waals surface area contributed by atoms with Crippen LogP contribution in [0.2, 0.25) is 20.1 Å². The Morgan fingerprint density at radius 2 is 1.56 bits per heavy atom. The number of alkyl halides is 3. The number of rotatable bonds is 4. The molecule has 2 rings (SSSR count). The van der Waals surface area contributed by atoms with Crippen molar-refractivity contribution in [2.75, 3.05) is 0 Å². The molecule has 0 saturated heterocycles. The minimum absolute atomic E-state index is 0.122. The van der Waals surface area contributed by atoms with E-state index in [1.165, 1.54) is 0 Å². The molecular weight excluding hydrogens is 454 g/mol. The lowest BCUT2D eigenvalue weighted by Crippen LogP contribution is -2.19. The standard InChI is InChI=1S/C17H8Cl4F4O2/c18-11-3-7(1-2-9(11)16(26)27)14(22)6-10(17(23,24)25)8-4-12(19)15(21)13(20)5-8/h1-6,10H,(H,26,27)/b14-6-. The zero-order chi connectivity index (χ0) is 20.5. The van der Waals surface area contributed by atoms with Crippen LogP contribution >= 0.6 is 46.4 Å². The van der Waals surface area contributed by atoms with Crippen molar-refractivity contribution >= 4 is 58.2 Å². The van der Waals surface area contributed by atoms with Crippen LogP contribution in [0.15, 0.2) is 36.4 Å². The average Bonchev–Trinajstić information content (AvgIpc) is 2.55. The maximum absolute atomic E-state index is 14.5. The van der Waals surface area contributed by atoms with E-state index >= 15 is 0 Å². The molecule has 1 N–H and O–H groups in total. The normalized spacial score (nSPS) is 13.6. The molecule has 10 heteroatoms. The van der Waals surface area contributed by atoms with Crippen LogP contribution in [0.25, 0.3) is 5.83 Å². The molecule has 0 saturated carbocycles. The Hall–Kier alpha value is -1.47. The molecule has 144 valence electrons. The molecule has 0 spiro atoms. The quantitative estimate of drug-likeness (QED) is 0.375. The van der Waals surface area contributed by atoms with E-state index in [1.54, 1.807) is 0 Å². The summed E-state index contributed by atoms with van der Waals surface area (Å²) in [6.45, 7) is 0. The molecule has 0 aliphatic rings. The fourth-order valence-electron chi connectivity index (χ4n) is 2.21. The van der Waals surface area contributed by atoms with Crippen molar-refractivity contribution in [2.45, 2.75) is 12.1 Å². The molecule has 2 aromatic rings. The van der Waals surface area contributed by atoms with Crippen molar-refractivity contribution < 1.29 is 27.5 Å². The van der Waals surface area contributed by atoms with E-state index in [2.05, 4.69) is 0 Å². The van der Waals surface area contributed by atoms with E-state index < -0.39 is 29.5 Å². The molecule has 27 heavy (non-hydrogen) atoms. The maximum Gasteiger partial charge on any atom is 0.399 e. The van der Waals surface area contributed by atoms with Gasteiger partial charge in [-0.3, -0.25) is 0 Å². The summed E-state index contributed by atoms with van der Waals surface area (Å²) in [7, 11) is 0. The number of allylic oxidation sites excluding steroid dienone is 1. The van der Waals surface area contributed by atoms with Crippen LogP contribution in [0.1, 0.15) is 27.4 Å². The third-order valence-electron chi connectivity index (χ3n) is 3.51. The molecule has 1 atom stereocenters. The van der Waals surface area contributed by atoms with Gasteiger partial charge in [0.05, 0.1) is 25.7 Å². The number of halogens is 8. The smallest absolute Gasteiger partial charge is 0.399 e. The van der Waals surface area contributed by atoms with Crippen LogP contribution in [-0.2, 0) is 0 Å². The van der Waals surface area contributed by atoms with E-state index in [4.69, 9.17) is 51.5 Å². The Morgan fingerprint density at radius 3 is 2.00 bits per heavy atom. The predicted octanol–water partition coefficient (Wildman–Crippen LogP) is 7.65. The molecule has 0 radical (unpaired) electrons. The summed E-state index contributed by atoms with van der Waals surface area (Å²) in [6, 6.07) is 4.81. The Labute approximate surface area is 170 Å². The highest BCUT2D eigenvalue weighted by atomic mass is 35.5. The molecule has 0 aromatic heterocycles. The van der Waals surface area contributed by atoms with Gasteiger partial charge in [-0.15, -0.1) is 0 Å². The molecule has 2 nitrogen and oxygen atoms in total. The first kappa shape index (κ1) is 21.8. The van der Waals surface area contributed by atoms with Crippen molar-refractivity contribution in [1.82, 2.24) is 0 Å². The van der Waals surface area contributed by atoms with E-state index in [1.807, 2.05) is 0 Å². The minimum Gasteiger partial charge on any atom is -0.478 e. The van der Waals surface area contributed by atoms with Crippen LogP contribution in [0.4, 0.5) is 17.6 Å². The largest absolute Gasteiger partial charge is 0.478 e. The first-order chi connectivity index (χ1) is 12.4. The van der Waals surface area contributed by atoms with Crippen LogP contribution in [0.3, 0.4) is 0 Å². The van der Waals surface area contributed by atoms with Gasteiger partial charge in [0.15, 0.2) is 0 Å². The van der Waals surface area contributed by atoms with Gasteiger partial charge in [0, 0.05) is 5.56 Å². The Bertz CT molecular complexity index is 903. The Morgan fingerprint density at radius 1 is 1.00 bits per heavy atom. The molecule has 0 amide bonds. The second-order valence-corrected chi connectivity index (χ2v) is 6.93. The second kappa shape index (κ2) is 8.27. The number of carboxylic acid groups (broad SMARTS) is 1. The fourth-order valence-corrected chi connectivity index (χ4v) is 3.09. The van der Waals surface area contributed by atoms with Crippen LogP contribution in [-0.4, -0.2) is 17.3 Å². The van der Waals surface area contributed by atoms with Gasteiger partial charge < -0.3 is 5.11 Å². The van der Waals surface area contributed by atoms with Gasteiger partial charge in [-0.2, -0.15) is 13.2 Å². The molecule has 1 unspecified atom stereocenters. The lowest BCUT2D eigenvalue weighted by Gasteiger charge is -2.19. The maximum atomic E-state index is 14.5. The summed E-state index contributed by atoms with van der Waals surface area (Å²) in [6.07, 6.45) is -4.54. The van der Waals surface area contributed by atoms with Crippen molar-refractivity contribution in [2.24, 2.45) is 0 Å². The Kier molecular flexibility index (Phi) is 6.68. The van der Waals surface area contributed by atoms with Crippen molar-refractivity contribution in [3.05, 3.63) is 73.2 Å². The van der Waals surface area contributed by atoms with Gasteiger partial charge in [0.1, 0.15) is 11.7 Å². The molecule has 2 aromatic carbocycles. The number of hydrogen-bond donors (Lipinski definition) is 1. The first-order valence-corrected chi connectivity index (χ1v) is 8.54. The van der Waals surface area contributed by atoms with E-state index in [9.17, 15) is 22.4 Å². The topological polar surface area (TPSA) is 37.3 Å². The van der Waals surface area contributed by atoms with E-state index in [-0.39, 0.29) is 31.2 Å². The second-order valence-electron chi connectivity index (χ2n) is 5.33. The summed E-state index contributed by atoms with van der Waals surface area (Å²) in [4.78, 5) is 10.9. The zero-order valence-electron chi connectivity index (χ0n) is 12.9. The van der Waals surface area contributed by atoms with Crippen LogP contribution in [0.5, 0.6) is 0 Å². The van der Waals surface area contributed by atoms with Gasteiger partial charge in [0.25, 0.3) is 0 Å². The number of aromatic carboxylic acids is 1. The van der Waals surface area contributed by atoms with Gasteiger partial charge in [0.2, 0.25) is 0 Å². The molecule has 0 aliphatic heterocycles. The SMILES string of the molecule is O=C(O)c1ccc(/C(F)=C/C(c2cc(Cl)c(Cl)c(Cl)c2)C(F)(F)F)cc1Cl. The van der Waals surface area contributed by atoms with Gasteiger partial charge in [-0.1, -0.05) is 52.5 Å². The number of hydrogen-bond acceptors (Lipinski definition) is 1. The summed E-state index contributed by atoms with van der Waals surface area (Å²) in [5.41, 5.74) is -1.03. The van der Waals surface area contributed by atoms with Crippen molar-refractivity contribution in [1.29, 1.82) is 0 Å². The fraction of sp³-hybridized carbons (Fsp3) is 0.118. The first-order valence-electron chi connectivity index (χ1n) is 7.03. The van der Waals surface area contributed by atoms with Crippen LogP contribution < -0.4 is 0 Å². The average molecular weight is 462 g/mol. The predicted molar refractivity (Wildman–Crippen MR) is 97.8 cm³/mol.